The predicted octanol–water partition coefficient (Wildman–Crippen LogP) is 4.99. The van der Waals surface area contributed by atoms with E-state index >= 15 is 0 Å². The fourth-order valence-electron chi connectivity index (χ4n) is 5.85. The van der Waals surface area contributed by atoms with Crippen LogP contribution in [0.5, 0.6) is 0 Å². The van der Waals surface area contributed by atoms with Crippen LogP contribution in [0.1, 0.15) is 59.3 Å². The molecule has 2 fully saturated rings. The quantitative estimate of drug-likeness (QED) is 0.572. The van der Waals surface area contributed by atoms with Crippen molar-refractivity contribution in [3.8, 4) is 0 Å². The normalized spacial score (nSPS) is 45.1. The number of allylic oxidation sites excluding steroid dienone is 6. The molecular weight excluding hydrogens is 256 g/mol. The van der Waals surface area contributed by atoms with Crippen LogP contribution >= 0.6 is 0 Å². The minimum absolute atomic E-state index is 0.113. The summed E-state index contributed by atoms with van der Waals surface area (Å²) in [4.78, 5) is 11.7. The van der Waals surface area contributed by atoms with Gasteiger partial charge in [-0.25, -0.2) is 0 Å². The molecule has 0 saturated heterocycles. The summed E-state index contributed by atoms with van der Waals surface area (Å²) < 4.78 is 0. The Balaban J connectivity index is 1.81. The van der Waals surface area contributed by atoms with E-state index in [1.54, 1.807) is 11.1 Å². The van der Waals surface area contributed by atoms with Crippen LogP contribution in [0.3, 0.4) is 0 Å². The number of carbonyl (C=O) groups excluding carboxylic acids is 1. The number of fused-ring (bicyclic) bond motifs is 4. The van der Waals surface area contributed by atoms with Gasteiger partial charge in [-0.05, 0) is 67.9 Å². The first-order chi connectivity index (χ1) is 9.92. The van der Waals surface area contributed by atoms with Gasteiger partial charge in [0.1, 0.15) is 0 Å². The van der Waals surface area contributed by atoms with E-state index in [1.165, 1.54) is 37.7 Å². The zero-order valence-electron chi connectivity index (χ0n) is 13.5. The van der Waals surface area contributed by atoms with Gasteiger partial charge in [-0.1, -0.05) is 43.6 Å². The lowest BCUT2D eigenvalue weighted by molar-refractivity contribution is -0.110. The van der Waals surface area contributed by atoms with Gasteiger partial charge in [-0.2, -0.15) is 0 Å². The van der Waals surface area contributed by atoms with E-state index in [9.17, 15) is 4.79 Å². The van der Waals surface area contributed by atoms with Crippen LogP contribution in [0.4, 0.5) is 0 Å². The third-order valence-corrected chi connectivity index (χ3v) is 6.86. The van der Waals surface area contributed by atoms with E-state index in [0.717, 1.165) is 12.3 Å². The van der Waals surface area contributed by atoms with Crippen LogP contribution in [0.15, 0.2) is 34.9 Å². The lowest BCUT2D eigenvalue weighted by Gasteiger charge is -2.50. The Hall–Kier alpha value is -1.11. The number of ketones is 1. The van der Waals surface area contributed by atoms with Gasteiger partial charge >= 0.3 is 0 Å². The Morgan fingerprint density at radius 3 is 2.86 bits per heavy atom. The first-order valence-corrected chi connectivity index (χ1v) is 8.59. The molecular formula is C20H26O. The molecule has 0 aromatic carbocycles. The number of hydrogen-bond acceptors (Lipinski definition) is 1. The maximum atomic E-state index is 11.7. The lowest BCUT2D eigenvalue weighted by Crippen LogP contribution is -2.39. The lowest BCUT2D eigenvalue weighted by atomic mass is 9.54. The van der Waals surface area contributed by atoms with E-state index in [1.807, 2.05) is 12.2 Å². The minimum Gasteiger partial charge on any atom is -0.290 e. The van der Waals surface area contributed by atoms with E-state index in [2.05, 4.69) is 26.8 Å². The summed E-state index contributed by atoms with van der Waals surface area (Å²) in [6.07, 6.45) is 13.6. The van der Waals surface area contributed by atoms with Crippen molar-refractivity contribution in [2.45, 2.75) is 59.3 Å². The molecule has 4 rings (SSSR count). The molecule has 0 amide bonds. The van der Waals surface area contributed by atoms with Gasteiger partial charge in [0.15, 0.2) is 5.78 Å². The first-order valence-electron chi connectivity index (χ1n) is 8.59. The molecule has 2 saturated carbocycles. The second kappa shape index (κ2) is 4.21. The molecule has 1 nitrogen and oxygen atoms in total. The zero-order chi connectivity index (χ0) is 14.8. The van der Waals surface area contributed by atoms with Gasteiger partial charge in [0.05, 0.1) is 0 Å². The highest BCUT2D eigenvalue weighted by atomic mass is 16.1. The highest BCUT2D eigenvalue weighted by molar-refractivity contribution is 6.01. The molecule has 0 bridgehead atoms. The molecule has 0 aromatic rings. The Morgan fingerprint density at radius 2 is 2.05 bits per heavy atom. The molecule has 21 heavy (non-hydrogen) atoms. The molecule has 112 valence electrons. The Bertz CT molecular complexity index is 605. The Labute approximate surface area is 128 Å². The van der Waals surface area contributed by atoms with Crippen molar-refractivity contribution in [3.05, 3.63) is 34.9 Å². The molecule has 0 aromatic heterocycles. The summed E-state index contributed by atoms with van der Waals surface area (Å²) in [6.45, 7) is 7.29. The molecule has 0 radical (unpaired) electrons. The van der Waals surface area contributed by atoms with Gasteiger partial charge in [0.2, 0.25) is 0 Å². The van der Waals surface area contributed by atoms with E-state index in [-0.39, 0.29) is 11.2 Å². The second-order valence-electron chi connectivity index (χ2n) is 8.36. The number of hydrogen-bond donors (Lipinski definition) is 0. The van der Waals surface area contributed by atoms with Crippen molar-refractivity contribution < 1.29 is 4.79 Å². The molecule has 1 heteroatoms. The van der Waals surface area contributed by atoms with Crippen LogP contribution in [0, 0.1) is 22.7 Å². The summed E-state index contributed by atoms with van der Waals surface area (Å²) in [5, 5.41) is 0. The fraction of sp³-hybridized carbons (Fsp3) is 0.650. The standard InChI is InChI=1S/C20H26O/c1-13-10-18-16-5-4-14-11-15(21)6-9-20(14,3)17(16)7-8-19(18,2)12-13/h6,9,11,13,17H,4-5,7-8,10,12H2,1-3H3/t13-,17?,19+,20+/m1/s1. The highest BCUT2D eigenvalue weighted by Crippen LogP contribution is 2.62. The van der Waals surface area contributed by atoms with Crippen LogP contribution in [-0.4, -0.2) is 5.78 Å². The number of rotatable bonds is 0. The van der Waals surface area contributed by atoms with Crippen LogP contribution in [0.25, 0.3) is 0 Å². The van der Waals surface area contributed by atoms with Crippen molar-refractivity contribution in [1.82, 2.24) is 0 Å². The third kappa shape index (κ3) is 1.79. The molecule has 4 aliphatic carbocycles. The minimum atomic E-state index is 0.113. The van der Waals surface area contributed by atoms with Crippen molar-refractivity contribution in [1.29, 1.82) is 0 Å². The Kier molecular flexibility index (Phi) is 2.72. The summed E-state index contributed by atoms with van der Waals surface area (Å²) in [6, 6.07) is 0. The third-order valence-electron chi connectivity index (χ3n) is 6.86. The SMILES string of the molecule is C[C@@H]1CC2=C3CCC4=CC(=O)C=C[C@]4(C)C3CC[C@@]2(C)C1. The van der Waals surface area contributed by atoms with Gasteiger partial charge in [0.25, 0.3) is 0 Å². The molecule has 4 aliphatic rings. The van der Waals surface area contributed by atoms with Crippen molar-refractivity contribution >= 4 is 5.78 Å². The first kappa shape index (κ1) is 13.5. The molecule has 4 atom stereocenters. The average Bonchev–Trinajstić information content (AvgIpc) is 2.74. The summed E-state index contributed by atoms with van der Waals surface area (Å²) >= 11 is 0. The summed E-state index contributed by atoms with van der Waals surface area (Å²) in [5.41, 5.74) is 5.56. The summed E-state index contributed by atoms with van der Waals surface area (Å²) in [7, 11) is 0. The van der Waals surface area contributed by atoms with Crippen molar-refractivity contribution in [3.63, 3.8) is 0 Å². The van der Waals surface area contributed by atoms with E-state index < -0.39 is 0 Å². The number of carbonyl (C=O) groups is 1. The van der Waals surface area contributed by atoms with E-state index in [0.29, 0.717) is 11.3 Å². The maximum absolute atomic E-state index is 11.7. The van der Waals surface area contributed by atoms with E-state index in [4.69, 9.17) is 0 Å². The smallest absolute Gasteiger partial charge is 0.178 e. The van der Waals surface area contributed by atoms with Gasteiger partial charge in [-0.15, -0.1) is 0 Å². The zero-order valence-corrected chi connectivity index (χ0v) is 13.5. The molecule has 0 spiro atoms. The predicted molar refractivity (Wildman–Crippen MR) is 85.8 cm³/mol. The van der Waals surface area contributed by atoms with Crippen molar-refractivity contribution in [2.24, 2.45) is 22.7 Å². The topological polar surface area (TPSA) is 17.1 Å². The fourth-order valence-corrected chi connectivity index (χ4v) is 5.85. The van der Waals surface area contributed by atoms with Crippen molar-refractivity contribution in [2.75, 3.05) is 0 Å². The molecule has 0 aliphatic heterocycles. The van der Waals surface area contributed by atoms with Gasteiger partial charge < -0.3 is 0 Å². The second-order valence-corrected chi connectivity index (χ2v) is 8.36. The largest absolute Gasteiger partial charge is 0.290 e. The van der Waals surface area contributed by atoms with Crippen LogP contribution in [-0.2, 0) is 4.79 Å². The maximum Gasteiger partial charge on any atom is 0.178 e. The summed E-state index contributed by atoms with van der Waals surface area (Å²) in [5.74, 6) is 1.69. The molecule has 0 heterocycles. The molecule has 0 N–H and O–H groups in total. The highest BCUT2D eigenvalue weighted by Gasteiger charge is 2.50. The average molecular weight is 282 g/mol. The van der Waals surface area contributed by atoms with Crippen LogP contribution < -0.4 is 0 Å². The monoisotopic (exact) mass is 282 g/mol. The Morgan fingerprint density at radius 1 is 1.24 bits per heavy atom. The van der Waals surface area contributed by atoms with Gasteiger partial charge in [0, 0.05) is 5.41 Å². The molecule has 1 unspecified atom stereocenters. The van der Waals surface area contributed by atoms with Gasteiger partial charge in [-0.3, -0.25) is 4.79 Å². The van der Waals surface area contributed by atoms with Crippen LogP contribution in [0.2, 0.25) is 0 Å².